The number of aromatic nitrogens is 1. The maximum atomic E-state index is 10.8. The summed E-state index contributed by atoms with van der Waals surface area (Å²) in [6, 6.07) is 0. The van der Waals surface area contributed by atoms with Gasteiger partial charge in [-0.3, -0.25) is 4.90 Å². The number of nitrogens with zero attached hydrogens (tertiary/aromatic N) is 2. The Balaban J connectivity index is 1.96. The lowest BCUT2D eigenvalue weighted by atomic mass is 10.3. The summed E-state index contributed by atoms with van der Waals surface area (Å²) in [5, 5.41) is 9.95. The summed E-state index contributed by atoms with van der Waals surface area (Å²) in [6.45, 7) is 6.44. The molecule has 0 aliphatic carbocycles. The third kappa shape index (κ3) is 3.02. The number of hydrogen-bond donors (Lipinski definition) is 1. The number of carboxylic acids is 1. The Morgan fingerprint density at radius 2 is 2.41 bits per heavy atom. The van der Waals surface area contributed by atoms with Crippen molar-refractivity contribution < 1.29 is 14.6 Å². The molecular formula is C11H16N2O3S. The number of hydrogen-bond acceptors (Lipinski definition) is 5. The van der Waals surface area contributed by atoms with Crippen molar-refractivity contribution in [2.45, 2.75) is 26.5 Å². The predicted octanol–water partition coefficient (Wildman–Crippen LogP) is 1.05. The monoisotopic (exact) mass is 256 g/mol. The van der Waals surface area contributed by atoms with Crippen LogP contribution in [-0.2, 0) is 16.1 Å². The summed E-state index contributed by atoms with van der Waals surface area (Å²) in [4.78, 5) is 18.6. The molecule has 0 saturated carbocycles. The van der Waals surface area contributed by atoms with E-state index in [2.05, 4.69) is 16.8 Å². The number of morpholine rings is 1. The zero-order valence-electron chi connectivity index (χ0n) is 9.97. The van der Waals surface area contributed by atoms with Crippen LogP contribution in [0.2, 0.25) is 0 Å². The van der Waals surface area contributed by atoms with Crippen molar-refractivity contribution in [2.75, 3.05) is 19.7 Å². The van der Waals surface area contributed by atoms with Gasteiger partial charge in [-0.15, -0.1) is 11.3 Å². The molecule has 2 rings (SSSR count). The third-order valence-electron chi connectivity index (χ3n) is 2.86. The molecule has 1 aliphatic heterocycles. The van der Waals surface area contributed by atoms with Crippen molar-refractivity contribution in [2.24, 2.45) is 0 Å². The third-order valence-corrected chi connectivity index (χ3v) is 3.92. The summed E-state index contributed by atoms with van der Waals surface area (Å²) in [5.74, 6) is -0.888. The Morgan fingerprint density at radius 1 is 1.65 bits per heavy atom. The Hall–Kier alpha value is -0.980. The number of carboxylic acid groups (broad SMARTS) is 1. The molecule has 1 N–H and O–H groups in total. The highest BCUT2D eigenvalue weighted by molar-refractivity contribution is 7.11. The van der Waals surface area contributed by atoms with Gasteiger partial charge in [0.1, 0.15) is 5.01 Å². The zero-order valence-corrected chi connectivity index (χ0v) is 10.8. The van der Waals surface area contributed by atoms with E-state index in [-0.39, 0.29) is 0 Å². The topological polar surface area (TPSA) is 62.7 Å². The SMILES string of the molecule is Cc1nc(CN2CCOC(C(=O)O)C2)sc1C. The number of rotatable bonds is 3. The highest BCUT2D eigenvalue weighted by Crippen LogP contribution is 2.19. The van der Waals surface area contributed by atoms with Crippen LogP contribution in [0.5, 0.6) is 0 Å². The zero-order chi connectivity index (χ0) is 12.4. The number of aryl methyl sites for hydroxylation is 2. The molecule has 1 aromatic rings. The highest BCUT2D eigenvalue weighted by Gasteiger charge is 2.26. The summed E-state index contributed by atoms with van der Waals surface area (Å²) >= 11 is 1.68. The number of thiazole rings is 1. The van der Waals surface area contributed by atoms with Gasteiger partial charge < -0.3 is 9.84 Å². The van der Waals surface area contributed by atoms with E-state index in [1.54, 1.807) is 11.3 Å². The van der Waals surface area contributed by atoms with Crippen LogP contribution in [0.1, 0.15) is 15.6 Å². The molecule has 1 atom stereocenters. The first-order chi connectivity index (χ1) is 8.06. The Bertz CT molecular complexity index is 399. The highest BCUT2D eigenvalue weighted by atomic mass is 32.1. The Morgan fingerprint density at radius 3 is 3.00 bits per heavy atom. The smallest absolute Gasteiger partial charge is 0.334 e. The molecule has 1 fully saturated rings. The van der Waals surface area contributed by atoms with Crippen LogP contribution in [0, 0.1) is 13.8 Å². The normalized spacial score (nSPS) is 21.6. The van der Waals surface area contributed by atoms with Crippen LogP contribution in [0.3, 0.4) is 0 Å². The van der Waals surface area contributed by atoms with Crippen molar-refractivity contribution >= 4 is 17.3 Å². The molecule has 0 spiro atoms. The Kier molecular flexibility index (Phi) is 3.76. The van der Waals surface area contributed by atoms with Gasteiger partial charge in [0.2, 0.25) is 0 Å². The van der Waals surface area contributed by atoms with E-state index in [0.717, 1.165) is 17.2 Å². The van der Waals surface area contributed by atoms with Gasteiger partial charge in [-0.2, -0.15) is 0 Å². The second-order valence-corrected chi connectivity index (χ2v) is 5.47. The van der Waals surface area contributed by atoms with Crippen molar-refractivity contribution in [1.82, 2.24) is 9.88 Å². The molecule has 1 saturated heterocycles. The van der Waals surface area contributed by atoms with Gasteiger partial charge in [0.15, 0.2) is 6.10 Å². The molecule has 0 amide bonds. The van der Waals surface area contributed by atoms with Gasteiger partial charge in [0.05, 0.1) is 18.8 Å². The molecule has 0 aromatic carbocycles. The lowest BCUT2D eigenvalue weighted by molar-refractivity contribution is -0.156. The van der Waals surface area contributed by atoms with E-state index < -0.39 is 12.1 Å². The predicted molar refractivity (Wildman–Crippen MR) is 64.2 cm³/mol. The summed E-state index contributed by atoms with van der Waals surface area (Å²) in [6.07, 6.45) is -0.703. The minimum absolute atomic E-state index is 0.438. The van der Waals surface area contributed by atoms with Crippen LogP contribution in [-0.4, -0.2) is 46.8 Å². The average molecular weight is 256 g/mol. The summed E-state index contributed by atoms with van der Waals surface area (Å²) < 4.78 is 5.18. The van der Waals surface area contributed by atoms with E-state index in [4.69, 9.17) is 9.84 Å². The second kappa shape index (κ2) is 5.12. The maximum absolute atomic E-state index is 10.8. The number of aliphatic carboxylic acids is 1. The lowest BCUT2D eigenvalue weighted by Crippen LogP contribution is -2.45. The van der Waals surface area contributed by atoms with Crippen molar-refractivity contribution in [1.29, 1.82) is 0 Å². The van der Waals surface area contributed by atoms with E-state index >= 15 is 0 Å². The minimum Gasteiger partial charge on any atom is -0.479 e. The fraction of sp³-hybridized carbons (Fsp3) is 0.636. The largest absolute Gasteiger partial charge is 0.479 e. The van der Waals surface area contributed by atoms with Crippen LogP contribution in [0.15, 0.2) is 0 Å². The molecule has 17 heavy (non-hydrogen) atoms. The van der Waals surface area contributed by atoms with Gasteiger partial charge in [-0.1, -0.05) is 0 Å². The molecule has 5 nitrogen and oxygen atoms in total. The first-order valence-electron chi connectivity index (χ1n) is 5.56. The first kappa shape index (κ1) is 12.5. The van der Waals surface area contributed by atoms with Crippen LogP contribution in [0.25, 0.3) is 0 Å². The van der Waals surface area contributed by atoms with E-state index in [0.29, 0.717) is 19.7 Å². The molecule has 94 valence electrons. The maximum Gasteiger partial charge on any atom is 0.334 e. The van der Waals surface area contributed by atoms with Gasteiger partial charge in [-0.05, 0) is 13.8 Å². The lowest BCUT2D eigenvalue weighted by Gasteiger charge is -2.29. The molecule has 0 bridgehead atoms. The van der Waals surface area contributed by atoms with E-state index in [1.165, 1.54) is 4.88 Å². The molecule has 0 radical (unpaired) electrons. The fourth-order valence-electron chi connectivity index (χ4n) is 1.79. The van der Waals surface area contributed by atoms with Crippen molar-refractivity contribution in [3.05, 3.63) is 15.6 Å². The second-order valence-electron chi connectivity index (χ2n) is 4.18. The van der Waals surface area contributed by atoms with E-state index in [1.807, 2.05) is 6.92 Å². The molecule has 1 aromatic heterocycles. The quantitative estimate of drug-likeness (QED) is 0.875. The van der Waals surface area contributed by atoms with Crippen molar-refractivity contribution in [3.8, 4) is 0 Å². The van der Waals surface area contributed by atoms with Crippen LogP contribution < -0.4 is 0 Å². The molecule has 2 heterocycles. The summed E-state index contributed by atoms with van der Waals surface area (Å²) in [7, 11) is 0. The number of ether oxygens (including phenoxy) is 1. The Labute approximate surface area is 104 Å². The van der Waals surface area contributed by atoms with Gasteiger partial charge in [0.25, 0.3) is 0 Å². The first-order valence-corrected chi connectivity index (χ1v) is 6.37. The van der Waals surface area contributed by atoms with Gasteiger partial charge >= 0.3 is 5.97 Å². The van der Waals surface area contributed by atoms with E-state index in [9.17, 15) is 4.79 Å². The van der Waals surface area contributed by atoms with Crippen LogP contribution in [0.4, 0.5) is 0 Å². The molecule has 1 aliphatic rings. The van der Waals surface area contributed by atoms with Gasteiger partial charge in [0, 0.05) is 18.0 Å². The molecule has 1 unspecified atom stereocenters. The fourth-order valence-corrected chi connectivity index (χ4v) is 2.77. The van der Waals surface area contributed by atoms with Crippen molar-refractivity contribution in [3.63, 3.8) is 0 Å². The molecule has 6 heteroatoms. The summed E-state index contributed by atoms with van der Waals surface area (Å²) in [5.41, 5.74) is 1.06. The minimum atomic E-state index is -0.888. The van der Waals surface area contributed by atoms with Crippen LogP contribution >= 0.6 is 11.3 Å². The standard InChI is InChI=1S/C11H16N2O3S/c1-7-8(2)17-10(12-7)6-13-3-4-16-9(5-13)11(14)15/h9H,3-6H2,1-2H3,(H,14,15). The van der Waals surface area contributed by atoms with Gasteiger partial charge in [-0.25, -0.2) is 9.78 Å². The number of carbonyl (C=O) groups is 1. The molecular weight excluding hydrogens is 240 g/mol. The average Bonchev–Trinajstić information content (AvgIpc) is 2.58.